The van der Waals surface area contributed by atoms with Crippen molar-refractivity contribution >= 4 is 22.9 Å². The molecule has 4 aliphatic rings. The SMILES string of the molecule is CC(C)=C1CCc2ccc(cc2)C[C@@H](CCc2cccc(Cc3ccccc3)c2)CC(=O)O[C@@H]2c3c(ccc4c(CO)cc(=O)oc34)O[C@@](C)(C3CCCC3)[C@H]2OC1=O. The number of ether oxygens (including phenoxy) is 3. The molecule has 0 unspecified atom stereocenters. The topological polar surface area (TPSA) is 112 Å². The molecule has 0 saturated heterocycles. The fourth-order valence-corrected chi connectivity index (χ4v) is 9.63. The molecule has 4 heterocycles. The summed E-state index contributed by atoms with van der Waals surface area (Å²) in [5.41, 5.74) is 6.50. The molecule has 4 aromatic carbocycles. The average molecular weight is 795 g/mol. The molecule has 8 nitrogen and oxygen atoms in total. The second-order valence-electron chi connectivity index (χ2n) is 17.2. The number of carbonyl (C=O) groups excluding carboxylic acids is 2. The van der Waals surface area contributed by atoms with Gasteiger partial charge in [0.25, 0.3) is 0 Å². The van der Waals surface area contributed by atoms with Crippen molar-refractivity contribution in [3.63, 3.8) is 0 Å². The van der Waals surface area contributed by atoms with Crippen molar-refractivity contribution < 1.29 is 33.3 Å². The van der Waals surface area contributed by atoms with Crippen molar-refractivity contribution in [3.05, 3.63) is 158 Å². The summed E-state index contributed by atoms with van der Waals surface area (Å²) in [6, 6.07) is 32.4. The maximum Gasteiger partial charge on any atom is 0.336 e. The van der Waals surface area contributed by atoms with E-state index in [1.807, 2.05) is 26.8 Å². The van der Waals surface area contributed by atoms with Crippen LogP contribution in [0, 0.1) is 11.8 Å². The number of aliphatic hydroxyl groups excluding tert-OH is 1. The van der Waals surface area contributed by atoms with Gasteiger partial charge in [0.05, 0.1) is 12.2 Å². The molecule has 5 aromatic rings. The van der Waals surface area contributed by atoms with Crippen molar-refractivity contribution in [1.82, 2.24) is 0 Å². The predicted octanol–water partition coefficient (Wildman–Crippen LogP) is 9.88. The lowest BCUT2D eigenvalue weighted by atomic mass is 9.76. The van der Waals surface area contributed by atoms with Crippen LogP contribution in [0.25, 0.3) is 11.0 Å². The van der Waals surface area contributed by atoms with Crippen LogP contribution in [0.2, 0.25) is 0 Å². The minimum atomic E-state index is -1.15. The Balaban J connectivity index is 1.19. The molecule has 1 N–H and O–H groups in total. The van der Waals surface area contributed by atoms with Crippen molar-refractivity contribution in [1.29, 1.82) is 0 Å². The quantitative estimate of drug-likeness (QED) is 0.0985. The zero-order valence-electron chi connectivity index (χ0n) is 34.3. The number of rotatable bonds is 7. The number of aryl methyl sites for hydroxylation is 2. The highest BCUT2D eigenvalue weighted by molar-refractivity contribution is 5.90. The largest absolute Gasteiger partial charge is 0.483 e. The highest BCUT2D eigenvalue weighted by atomic mass is 16.6. The van der Waals surface area contributed by atoms with E-state index in [2.05, 4.69) is 72.8 Å². The van der Waals surface area contributed by atoms with Gasteiger partial charge in [-0.2, -0.15) is 0 Å². The molecule has 59 heavy (non-hydrogen) atoms. The summed E-state index contributed by atoms with van der Waals surface area (Å²) in [6.45, 7) is 5.39. The predicted molar refractivity (Wildman–Crippen MR) is 227 cm³/mol. The van der Waals surface area contributed by atoms with Gasteiger partial charge >= 0.3 is 17.6 Å². The fraction of sp³-hybridized carbons (Fsp3) is 0.392. The fourth-order valence-electron chi connectivity index (χ4n) is 9.63. The highest BCUT2D eigenvalue weighted by Gasteiger charge is 2.57. The molecule has 1 aromatic heterocycles. The van der Waals surface area contributed by atoms with Crippen molar-refractivity contribution in [2.75, 3.05) is 0 Å². The summed E-state index contributed by atoms with van der Waals surface area (Å²) in [4.78, 5) is 42.1. The summed E-state index contributed by atoms with van der Waals surface area (Å²) < 4.78 is 26.1. The van der Waals surface area contributed by atoms with Gasteiger partial charge in [0.1, 0.15) is 16.9 Å². The van der Waals surface area contributed by atoms with Crippen molar-refractivity contribution in [3.8, 4) is 5.75 Å². The van der Waals surface area contributed by atoms with Crippen molar-refractivity contribution in [2.24, 2.45) is 11.8 Å². The molecule has 2 bridgehead atoms. The molecule has 1 aliphatic carbocycles. The first kappa shape index (κ1) is 40.3. The standard InChI is InChI=1S/C51H54O8/c1-32(2)41-23-22-33-16-18-36(19-17-33)28-38(21-20-35-12-9-13-37(27-35)26-34-10-5-4-6-11-34)29-44(53)57-48-46-43(25-24-42-39(31-52)30-45(54)56-47(42)46)59-51(3,40-14-7-8-15-40)49(48)58-50(41)55/h4-6,9-13,16-19,24-25,27,30,38,40,48-49,52H,7-8,14-15,20-23,26,28-29,31H2,1-3H3/t38-,48-,49+,51+/m1/s1. The van der Waals surface area contributed by atoms with Gasteiger partial charge in [-0.3, -0.25) is 4.79 Å². The van der Waals surface area contributed by atoms with E-state index >= 15 is 0 Å². The molecule has 0 radical (unpaired) electrons. The van der Waals surface area contributed by atoms with Crippen LogP contribution >= 0.6 is 0 Å². The summed E-state index contributed by atoms with van der Waals surface area (Å²) in [5, 5.41) is 10.8. The zero-order chi connectivity index (χ0) is 41.1. The third kappa shape index (κ3) is 8.79. The van der Waals surface area contributed by atoms with E-state index < -0.39 is 42.0 Å². The highest BCUT2D eigenvalue weighted by Crippen LogP contribution is 2.52. The maximum atomic E-state index is 14.6. The molecule has 4 atom stereocenters. The number of hydrogen-bond acceptors (Lipinski definition) is 8. The Hall–Kier alpha value is -5.47. The summed E-state index contributed by atoms with van der Waals surface area (Å²) in [5.74, 6) is -0.585. The van der Waals surface area contributed by atoms with E-state index in [0.29, 0.717) is 47.1 Å². The Kier molecular flexibility index (Phi) is 11.9. The smallest absolute Gasteiger partial charge is 0.336 e. The van der Waals surface area contributed by atoms with Crippen LogP contribution in [0.5, 0.6) is 5.75 Å². The van der Waals surface area contributed by atoms with Crippen LogP contribution in [0.1, 0.15) is 111 Å². The van der Waals surface area contributed by atoms with E-state index in [9.17, 15) is 19.5 Å². The normalized spacial score (nSPS) is 22.6. The molecule has 3 aliphatic heterocycles. The molecule has 1 saturated carbocycles. The first-order valence-corrected chi connectivity index (χ1v) is 21.2. The summed E-state index contributed by atoms with van der Waals surface area (Å²) in [7, 11) is 0. The number of esters is 2. The summed E-state index contributed by atoms with van der Waals surface area (Å²) >= 11 is 0. The average Bonchev–Trinajstić information content (AvgIpc) is 3.78. The number of aliphatic hydroxyl groups is 1. The minimum Gasteiger partial charge on any atom is -0.483 e. The van der Waals surface area contributed by atoms with E-state index in [1.54, 1.807) is 12.1 Å². The third-order valence-electron chi connectivity index (χ3n) is 12.9. The maximum absolute atomic E-state index is 14.6. The van der Waals surface area contributed by atoms with Gasteiger partial charge in [-0.25, -0.2) is 9.59 Å². The third-order valence-corrected chi connectivity index (χ3v) is 12.9. The van der Waals surface area contributed by atoms with Gasteiger partial charge in [-0.15, -0.1) is 0 Å². The first-order valence-electron chi connectivity index (χ1n) is 21.2. The molecule has 1 fully saturated rings. The molecular formula is C51H54O8. The minimum absolute atomic E-state index is 0.00486. The van der Waals surface area contributed by atoms with Gasteiger partial charge in [0.15, 0.2) is 12.2 Å². The Labute approximate surface area is 346 Å². The number of fused-ring (bicyclic) bond motifs is 13. The van der Waals surface area contributed by atoms with Gasteiger partial charge < -0.3 is 23.7 Å². The Morgan fingerprint density at radius 1 is 0.780 bits per heavy atom. The number of allylic oxidation sites excluding steroid dienone is 1. The van der Waals surface area contributed by atoms with Crippen LogP contribution in [0.3, 0.4) is 0 Å². The molecule has 306 valence electrons. The second-order valence-corrected chi connectivity index (χ2v) is 17.2. The molecule has 9 rings (SSSR count). The number of hydrogen-bond donors (Lipinski definition) is 1. The zero-order valence-corrected chi connectivity index (χ0v) is 34.3. The van der Waals surface area contributed by atoms with Gasteiger partial charge in [0, 0.05) is 29.4 Å². The molecule has 0 amide bonds. The van der Waals surface area contributed by atoms with E-state index in [1.165, 1.54) is 22.8 Å². The number of carbonyl (C=O) groups is 2. The second kappa shape index (κ2) is 17.4. The lowest BCUT2D eigenvalue weighted by Crippen LogP contribution is -2.58. The summed E-state index contributed by atoms with van der Waals surface area (Å²) in [6.07, 6.45) is 5.81. The number of benzene rings is 4. The van der Waals surface area contributed by atoms with E-state index in [0.717, 1.165) is 61.6 Å². The molecular weight excluding hydrogens is 741 g/mol. The Bertz CT molecular complexity index is 2400. The van der Waals surface area contributed by atoms with Crippen LogP contribution in [-0.2, 0) is 51.4 Å². The van der Waals surface area contributed by atoms with Crippen molar-refractivity contribution in [2.45, 2.75) is 116 Å². The first-order chi connectivity index (χ1) is 28.6. The monoisotopic (exact) mass is 794 g/mol. The Morgan fingerprint density at radius 3 is 2.25 bits per heavy atom. The molecule has 8 heteroatoms. The van der Waals surface area contributed by atoms with E-state index in [-0.39, 0.29) is 23.8 Å². The van der Waals surface area contributed by atoms with Gasteiger partial charge in [-0.05, 0) is 124 Å². The lowest BCUT2D eigenvalue weighted by molar-refractivity contribution is -0.199. The van der Waals surface area contributed by atoms with Crippen LogP contribution in [-0.4, -0.2) is 28.8 Å². The van der Waals surface area contributed by atoms with E-state index in [4.69, 9.17) is 18.6 Å². The van der Waals surface area contributed by atoms with Crippen LogP contribution in [0.15, 0.2) is 117 Å². The van der Waals surface area contributed by atoms with Gasteiger partial charge in [-0.1, -0.05) is 97.3 Å². The lowest BCUT2D eigenvalue weighted by Gasteiger charge is -2.48. The van der Waals surface area contributed by atoms with Gasteiger partial charge in [0.2, 0.25) is 0 Å². The van der Waals surface area contributed by atoms with Crippen LogP contribution in [0.4, 0.5) is 0 Å². The van der Waals surface area contributed by atoms with Crippen LogP contribution < -0.4 is 10.4 Å². The molecule has 0 spiro atoms. The Morgan fingerprint density at radius 2 is 1.51 bits per heavy atom.